The molecule has 0 spiro atoms. The molecule has 0 fully saturated rings. The van der Waals surface area contributed by atoms with Gasteiger partial charge in [-0.3, -0.25) is 9.00 Å². The minimum Gasteiger partial charge on any atom is -0.394 e. The third kappa shape index (κ3) is 5.20. The summed E-state index contributed by atoms with van der Waals surface area (Å²) in [6.45, 7) is 5.68. The van der Waals surface area contributed by atoms with E-state index in [1.54, 1.807) is 12.3 Å². The van der Waals surface area contributed by atoms with E-state index < -0.39 is 10.8 Å². The molecule has 0 heterocycles. The molecule has 2 aromatic carbocycles. The zero-order valence-corrected chi connectivity index (χ0v) is 19.1. The molecule has 0 saturated carbocycles. The van der Waals surface area contributed by atoms with Gasteiger partial charge in [0.2, 0.25) is 5.91 Å². The number of aliphatic hydroxyl groups is 1. The van der Waals surface area contributed by atoms with Gasteiger partial charge in [0, 0.05) is 22.0 Å². The van der Waals surface area contributed by atoms with Crippen LogP contribution in [0.15, 0.2) is 52.9 Å². The van der Waals surface area contributed by atoms with E-state index in [1.807, 2.05) is 51.1 Å². The lowest BCUT2D eigenvalue weighted by atomic mass is 10.0. The molecule has 1 unspecified atom stereocenters. The van der Waals surface area contributed by atoms with Crippen LogP contribution in [-0.4, -0.2) is 34.1 Å². The Labute approximate surface area is 185 Å². The zero-order valence-electron chi connectivity index (χ0n) is 18.2. The molecule has 0 bridgehead atoms. The van der Waals surface area contributed by atoms with Gasteiger partial charge in [0.15, 0.2) is 0 Å². The summed E-state index contributed by atoms with van der Waals surface area (Å²) in [7, 11) is -1.04. The Morgan fingerprint density at radius 1 is 1.16 bits per heavy atom. The number of carbonyl (C=O) groups is 1. The topological polar surface area (TPSA) is 66.4 Å². The Kier molecular flexibility index (Phi) is 7.23. The van der Waals surface area contributed by atoms with E-state index in [2.05, 4.69) is 5.32 Å². The van der Waals surface area contributed by atoms with Gasteiger partial charge in [0.25, 0.3) is 0 Å². The van der Waals surface area contributed by atoms with Crippen molar-refractivity contribution in [2.45, 2.75) is 38.1 Å². The number of aliphatic hydroxyl groups excluding tert-OH is 1. The highest BCUT2D eigenvalue weighted by atomic mass is 32.2. The van der Waals surface area contributed by atoms with Gasteiger partial charge in [0.1, 0.15) is 5.82 Å². The summed E-state index contributed by atoms with van der Waals surface area (Å²) in [6, 6.07) is 11.8. The van der Waals surface area contributed by atoms with Gasteiger partial charge < -0.3 is 10.4 Å². The van der Waals surface area contributed by atoms with Crippen LogP contribution in [0, 0.1) is 11.7 Å². The predicted octanol–water partition coefficient (Wildman–Crippen LogP) is 4.41. The van der Waals surface area contributed by atoms with Crippen molar-refractivity contribution < 1.29 is 18.5 Å². The maximum Gasteiger partial charge on any atom is 0.224 e. The van der Waals surface area contributed by atoms with Gasteiger partial charge in [-0.2, -0.15) is 0 Å². The van der Waals surface area contributed by atoms with Crippen LogP contribution < -0.4 is 5.32 Å². The highest BCUT2D eigenvalue weighted by Crippen LogP contribution is 2.43. The number of rotatable bonds is 7. The molecule has 2 aromatic rings. The fourth-order valence-electron chi connectivity index (χ4n) is 3.75. The second kappa shape index (κ2) is 9.71. The first-order valence-corrected chi connectivity index (χ1v) is 11.8. The molecule has 2 N–H and O–H groups in total. The summed E-state index contributed by atoms with van der Waals surface area (Å²) in [5.41, 5.74) is 5.17. The van der Waals surface area contributed by atoms with E-state index in [1.165, 1.54) is 12.1 Å². The minimum absolute atomic E-state index is 0.105. The van der Waals surface area contributed by atoms with E-state index in [-0.39, 0.29) is 36.7 Å². The monoisotopic (exact) mass is 441 g/mol. The lowest BCUT2D eigenvalue weighted by molar-refractivity contribution is -0.121. The van der Waals surface area contributed by atoms with Crippen LogP contribution in [0.5, 0.6) is 0 Å². The van der Waals surface area contributed by atoms with Gasteiger partial charge in [-0.05, 0) is 76.6 Å². The van der Waals surface area contributed by atoms with Crippen LogP contribution in [-0.2, 0) is 15.6 Å². The highest BCUT2D eigenvalue weighted by Gasteiger charge is 2.26. The third-order valence-corrected chi connectivity index (χ3v) is 6.60. The number of hydrogen-bond acceptors (Lipinski definition) is 3. The van der Waals surface area contributed by atoms with Crippen molar-refractivity contribution in [3.8, 4) is 0 Å². The number of halogens is 1. The Morgan fingerprint density at radius 3 is 2.42 bits per heavy atom. The molecule has 4 nitrogen and oxygen atoms in total. The first-order valence-electron chi connectivity index (χ1n) is 10.3. The first-order chi connectivity index (χ1) is 14.7. The van der Waals surface area contributed by atoms with Gasteiger partial charge >= 0.3 is 0 Å². The van der Waals surface area contributed by atoms with E-state index in [4.69, 9.17) is 0 Å². The fraction of sp³-hybridized carbons (Fsp3) is 0.320. The highest BCUT2D eigenvalue weighted by molar-refractivity contribution is 7.84. The maximum absolute atomic E-state index is 14.0. The van der Waals surface area contributed by atoms with E-state index >= 15 is 0 Å². The van der Waals surface area contributed by atoms with Crippen LogP contribution in [0.25, 0.3) is 17.2 Å². The molecule has 0 aromatic heterocycles. The quantitative estimate of drug-likeness (QED) is 0.669. The molecule has 0 radical (unpaired) electrons. The maximum atomic E-state index is 14.0. The minimum atomic E-state index is -1.04. The molecule has 1 amide bonds. The molecule has 1 aliphatic carbocycles. The van der Waals surface area contributed by atoms with Crippen LogP contribution in [0.4, 0.5) is 4.39 Å². The van der Waals surface area contributed by atoms with Crippen molar-refractivity contribution in [3.63, 3.8) is 0 Å². The zero-order chi connectivity index (χ0) is 22.7. The van der Waals surface area contributed by atoms with Crippen molar-refractivity contribution in [3.05, 3.63) is 70.5 Å². The summed E-state index contributed by atoms with van der Waals surface area (Å²) < 4.78 is 25.7. The SMILES string of the molecule is CC1=C(CC(=O)N[C@H](CO)C(C)C)c2cc(F)ccc2C1=Cc1ccc(S(C)=O)cc1. The van der Waals surface area contributed by atoms with Crippen molar-refractivity contribution in [2.75, 3.05) is 12.9 Å². The summed E-state index contributed by atoms with van der Waals surface area (Å²) >= 11 is 0. The van der Waals surface area contributed by atoms with E-state index in [0.717, 1.165) is 38.3 Å². The number of hydrogen-bond donors (Lipinski definition) is 2. The number of benzene rings is 2. The summed E-state index contributed by atoms with van der Waals surface area (Å²) in [4.78, 5) is 13.4. The lowest BCUT2D eigenvalue weighted by Crippen LogP contribution is -2.41. The number of nitrogens with one attached hydrogen (secondary N) is 1. The van der Waals surface area contributed by atoms with Gasteiger partial charge in [0.05, 0.1) is 19.1 Å². The second-order valence-corrected chi connectivity index (χ2v) is 9.53. The lowest BCUT2D eigenvalue weighted by Gasteiger charge is -2.20. The van der Waals surface area contributed by atoms with Crippen LogP contribution in [0.1, 0.15) is 43.9 Å². The Morgan fingerprint density at radius 2 is 1.84 bits per heavy atom. The first kappa shape index (κ1) is 23.1. The predicted molar refractivity (Wildman–Crippen MR) is 124 cm³/mol. The van der Waals surface area contributed by atoms with Crippen molar-refractivity contribution in [1.82, 2.24) is 5.32 Å². The van der Waals surface area contributed by atoms with E-state index in [0.29, 0.717) is 0 Å². The Balaban J connectivity index is 1.97. The molecule has 31 heavy (non-hydrogen) atoms. The largest absolute Gasteiger partial charge is 0.394 e. The van der Waals surface area contributed by atoms with E-state index in [9.17, 15) is 18.5 Å². The Bertz CT molecular complexity index is 1070. The molecule has 3 rings (SSSR count). The molecule has 164 valence electrons. The summed E-state index contributed by atoms with van der Waals surface area (Å²) in [6.07, 6.45) is 3.75. The number of carbonyl (C=O) groups excluding carboxylic acids is 1. The normalized spacial score (nSPS) is 16.5. The molecular weight excluding hydrogens is 413 g/mol. The second-order valence-electron chi connectivity index (χ2n) is 8.15. The van der Waals surface area contributed by atoms with Gasteiger partial charge in [-0.1, -0.05) is 32.0 Å². The standard InChI is InChI=1S/C25H28FNO3S/c1-15(2)24(14-28)27-25(29)13-22-16(3)21(20-10-7-18(26)12-23(20)22)11-17-5-8-19(9-6-17)31(4)30/h5-12,15,24,28H,13-14H2,1-4H3,(H,27,29)/t24-,31?/m1/s1. The molecule has 1 aliphatic rings. The smallest absolute Gasteiger partial charge is 0.224 e. The molecular formula is C25H28FNO3S. The molecule has 0 saturated heterocycles. The summed E-state index contributed by atoms with van der Waals surface area (Å²) in [5.74, 6) is -0.447. The molecule has 0 aliphatic heterocycles. The molecule has 6 heteroatoms. The van der Waals surface area contributed by atoms with Crippen LogP contribution in [0.2, 0.25) is 0 Å². The van der Waals surface area contributed by atoms with Crippen LogP contribution >= 0.6 is 0 Å². The Hall–Kier alpha value is -2.57. The third-order valence-electron chi connectivity index (χ3n) is 5.66. The fourth-order valence-corrected chi connectivity index (χ4v) is 4.26. The van der Waals surface area contributed by atoms with Crippen molar-refractivity contribution in [1.29, 1.82) is 0 Å². The van der Waals surface area contributed by atoms with Crippen LogP contribution in [0.3, 0.4) is 0 Å². The molecule has 2 atom stereocenters. The number of allylic oxidation sites excluding steroid dienone is 2. The number of amides is 1. The average molecular weight is 442 g/mol. The van der Waals surface area contributed by atoms with Crippen molar-refractivity contribution in [2.24, 2.45) is 5.92 Å². The summed E-state index contributed by atoms with van der Waals surface area (Å²) in [5, 5.41) is 12.4. The average Bonchev–Trinajstić information content (AvgIpc) is 2.97. The number of fused-ring (bicyclic) bond motifs is 1. The van der Waals surface area contributed by atoms with Gasteiger partial charge in [-0.25, -0.2) is 4.39 Å². The van der Waals surface area contributed by atoms with Gasteiger partial charge in [-0.15, -0.1) is 0 Å². The van der Waals surface area contributed by atoms with Crippen molar-refractivity contribution >= 4 is 33.9 Å².